The fourth-order valence-electron chi connectivity index (χ4n) is 2.88. The Morgan fingerprint density at radius 2 is 1.86 bits per heavy atom. The molecule has 0 aromatic heterocycles. The maximum Gasteiger partial charge on any atom is 0.306 e. The van der Waals surface area contributed by atoms with Gasteiger partial charge in [0.15, 0.2) is 0 Å². The van der Waals surface area contributed by atoms with Crippen molar-refractivity contribution >= 4 is 23.5 Å². The highest BCUT2D eigenvalue weighted by Crippen LogP contribution is 2.29. The number of carbonyl (C=O) groups excluding carboxylic acids is 1. The number of hydrogen-bond donors (Lipinski definition) is 1. The molecule has 1 N–H and O–H groups in total. The number of carboxylic acids is 1. The molecular weight excluding hydrogens is 309 g/mol. The smallest absolute Gasteiger partial charge is 0.306 e. The quantitative estimate of drug-likeness (QED) is 0.924. The molecule has 0 saturated heterocycles. The van der Waals surface area contributed by atoms with Crippen molar-refractivity contribution in [3.63, 3.8) is 0 Å². The molecule has 120 valence electrons. The number of nitrogens with zero attached hydrogens (tertiary/aromatic N) is 1. The first-order valence-electron chi connectivity index (χ1n) is 7.27. The summed E-state index contributed by atoms with van der Waals surface area (Å²) in [6.45, 7) is 1.59. The van der Waals surface area contributed by atoms with Gasteiger partial charge in [0.1, 0.15) is 5.82 Å². The normalized spacial score (nSPS) is 21.5. The van der Waals surface area contributed by atoms with Crippen molar-refractivity contribution in [3.05, 3.63) is 34.1 Å². The average molecular weight is 328 g/mol. The van der Waals surface area contributed by atoms with Crippen molar-refractivity contribution in [1.82, 2.24) is 4.90 Å². The van der Waals surface area contributed by atoms with Crippen LogP contribution in [0, 0.1) is 18.7 Å². The molecular formula is C16H19ClFNO3. The number of carboxylic acid groups (broad SMARTS) is 1. The Kier molecular flexibility index (Phi) is 5.06. The van der Waals surface area contributed by atoms with E-state index >= 15 is 0 Å². The van der Waals surface area contributed by atoms with Gasteiger partial charge in [-0.3, -0.25) is 9.59 Å². The van der Waals surface area contributed by atoms with E-state index < -0.39 is 11.8 Å². The number of hydrogen-bond acceptors (Lipinski definition) is 2. The van der Waals surface area contributed by atoms with Gasteiger partial charge in [-0.2, -0.15) is 0 Å². The van der Waals surface area contributed by atoms with Crippen LogP contribution in [0.25, 0.3) is 0 Å². The summed E-state index contributed by atoms with van der Waals surface area (Å²) in [4.78, 5) is 25.0. The third kappa shape index (κ3) is 3.40. The molecule has 1 saturated carbocycles. The molecule has 1 fully saturated rings. The van der Waals surface area contributed by atoms with Crippen LogP contribution in [0.1, 0.15) is 41.6 Å². The minimum atomic E-state index is -0.781. The highest BCUT2D eigenvalue weighted by Gasteiger charge is 2.30. The standard InChI is InChI=1S/C16H19ClFNO3/c1-9-7-13(17)12(8-14(9)18)15(20)19(2)11-5-3-10(4-6-11)16(21)22/h7-8,10-11H,3-6H2,1-2H3,(H,21,22). The van der Waals surface area contributed by atoms with E-state index in [1.54, 1.807) is 18.9 Å². The largest absolute Gasteiger partial charge is 0.481 e. The zero-order valence-corrected chi connectivity index (χ0v) is 13.4. The second kappa shape index (κ2) is 6.65. The van der Waals surface area contributed by atoms with Gasteiger partial charge in [-0.05, 0) is 50.3 Å². The lowest BCUT2D eigenvalue weighted by Crippen LogP contribution is -2.40. The van der Waals surface area contributed by atoms with E-state index in [4.69, 9.17) is 16.7 Å². The topological polar surface area (TPSA) is 57.6 Å². The molecule has 1 aliphatic carbocycles. The number of rotatable bonds is 3. The zero-order valence-electron chi connectivity index (χ0n) is 12.6. The number of carbonyl (C=O) groups is 2. The van der Waals surface area contributed by atoms with Gasteiger partial charge in [0.25, 0.3) is 5.91 Å². The summed E-state index contributed by atoms with van der Waals surface area (Å²) in [5, 5.41) is 9.24. The monoisotopic (exact) mass is 327 g/mol. The van der Waals surface area contributed by atoms with Crippen LogP contribution in [0.4, 0.5) is 4.39 Å². The molecule has 1 aromatic rings. The van der Waals surface area contributed by atoms with Gasteiger partial charge >= 0.3 is 5.97 Å². The molecule has 6 heteroatoms. The molecule has 0 spiro atoms. The van der Waals surface area contributed by atoms with Gasteiger partial charge in [-0.15, -0.1) is 0 Å². The predicted octanol–water partition coefficient (Wildman–Crippen LogP) is 3.50. The Labute approximate surface area is 133 Å². The summed E-state index contributed by atoms with van der Waals surface area (Å²) in [5.41, 5.74) is 0.541. The maximum absolute atomic E-state index is 13.7. The van der Waals surface area contributed by atoms with Crippen LogP contribution < -0.4 is 0 Å². The molecule has 1 aliphatic rings. The first-order valence-corrected chi connectivity index (χ1v) is 7.64. The van der Waals surface area contributed by atoms with Gasteiger partial charge in [0.05, 0.1) is 16.5 Å². The van der Waals surface area contributed by atoms with Crippen molar-refractivity contribution in [1.29, 1.82) is 0 Å². The summed E-state index contributed by atoms with van der Waals surface area (Å²) in [6.07, 6.45) is 2.36. The van der Waals surface area contributed by atoms with Crippen LogP contribution in [0.15, 0.2) is 12.1 Å². The maximum atomic E-state index is 13.7. The Balaban J connectivity index is 2.10. The number of halogens is 2. The Morgan fingerprint density at radius 3 is 2.41 bits per heavy atom. The van der Waals surface area contributed by atoms with Gasteiger partial charge in [0, 0.05) is 13.1 Å². The SMILES string of the molecule is Cc1cc(Cl)c(C(=O)N(C)C2CCC(C(=O)O)CC2)cc1F. The lowest BCUT2D eigenvalue weighted by molar-refractivity contribution is -0.143. The van der Waals surface area contributed by atoms with Crippen LogP contribution >= 0.6 is 11.6 Å². The van der Waals surface area contributed by atoms with Crippen molar-refractivity contribution in [2.45, 2.75) is 38.6 Å². The Morgan fingerprint density at radius 1 is 1.27 bits per heavy atom. The van der Waals surface area contributed by atoms with Crippen LogP contribution in [-0.2, 0) is 4.79 Å². The van der Waals surface area contributed by atoms with Crippen LogP contribution in [-0.4, -0.2) is 35.0 Å². The Hall–Kier alpha value is -1.62. The van der Waals surface area contributed by atoms with E-state index in [2.05, 4.69) is 0 Å². The summed E-state index contributed by atoms with van der Waals surface area (Å²) in [7, 11) is 1.65. The van der Waals surface area contributed by atoms with E-state index in [-0.39, 0.29) is 28.5 Å². The van der Waals surface area contributed by atoms with E-state index in [0.717, 1.165) is 0 Å². The second-order valence-corrected chi connectivity index (χ2v) is 6.25. The van der Waals surface area contributed by atoms with E-state index in [1.165, 1.54) is 12.1 Å². The highest BCUT2D eigenvalue weighted by atomic mass is 35.5. The van der Waals surface area contributed by atoms with Gasteiger partial charge in [0.2, 0.25) is 0 Å². The van der Waals surface area contributed by atoms with Crippen molar-refractivity contribution < 1.29 is 19.1 Å². The van der Waals surface area contributed by atoms with Gasteiger partial charge in [-0.25, -0.2) is 4.39 Å². The van der Waals surface area contributed by atoms with Gasteiger partial charge < -0.3 is 10.0 Å². The number of benzene rings is 1. The first kappa shape index (κ1) is 16.7. The summed E-state index contributed by atoms with van der Waals surface area (Å²) >= 11 is 6.05. The van der Waals surface area contributed by atoms with Crippen LogP contribution in [0.2, 0.25) is 5.02 Å². The summed E-state index contributed by atoms with van der Waals surface area (Å²) in [6, 6.07) is 2.57. The van der Waals surface area contributed by atoms with E-state index in [1.807, 2.05) is 0 Å². The number of aliphatic carboxylic acids is 1. The lowest BCUT2D eigenvalue weighted by atomic mass is 9.85. The zero-order chi connectivity index (χ0) is 16.4. The molecule has 1 amide bonds. The molecule has 0 unspecified atom stereocenters. The lowest BCUT2D eigenvalue weighted by Gasteiger charge is -2.33. The Bertz CT molecular complexity index is 597. The molecule has 0 heterocycles. The minimum absolute atomic E-state index is 0.0384. The highest BCUT2D eigenvalue weighted by molar-refractivity contribution is 6.33. The van der Waals surface area contributed by atoms with Crippen molar-refractivity contribution in [2.75, 3.05) is 7.05 Å². The molecule has 0 radical (unpaired) electrons. The predicted molar refractivity (Wildman–Crippen MR) is 81.6 cm³/mol. The fourth-order valence-corrected chi connectivity index (χ4v) is 3.18. The first-order chi connectivity index (χ1) is 10.3. The number of amides is 1. The molecule has 0 bridgehead atoms. The molecule has 1 aromatic carbocycles. The van der Waals surface area contributed by atoms with Crippen LogP contribution in [0.5, 0.6) is 0 Å². The van der Waals surface area contributed by atoms with Crippen LogP contribution in [0.3, 0.4) is 0 Å². The molecule has 0 atom stereocenters. The molecule has 22 heavy (non-hydrogen) atoms. The number of aryl methyl sites for hydroxylation is 1. The summed E-state index contributed by atoms with van der Waals surface area (Å²) < 4.78 is 13.7. The third-order valence-electron chi connectivity index (χ3n) is 4.39. The summed E-state index contributed by atoms with van der Waals surface area (Å²) in [5.74, 6) is -1.91. The molecule has 0 aliphatic heterocycles. The van der Waals surface area contributed by atoms with E-state index in [0.29, 0.717) is 31.2 Å². The van der Waals surface area contributed by atoms with E-state index in [9.17, 15) is 14.0 Å². The average Bonchev–Trinajstić information content (AvgIpc) is 2.49. The molecule has 4 nitrogen and oxygen atoms in total. The second-order valence-electron chi connectivity index (χ2n) is 5.84. The van der Waals surface area contributed by atoms with Crippen molar-refractivity contribution in [2.24, 2.45) is 5.92 Å². The minimum Gasteiger partial charge on any atom is -0.481 e. The van der Waals surface area contributed by atoms with Crippen molar-refractivity contribution in [3.8, 4) is 0 Å². The third-order valence-corrected chi connectivity index (χ3v) is 4.71. The van der Waals surface area contributed by atoms with Gasteiger partial charge in [-0.1, -0.05) is 11.6 Å². The molecule has 2 rings (SSSR count). The fraction of sp³-hybridized carbons (Fsp3) is 0.500.